The lowest BCUT2D eigenvalue weighted by Gasteiger charge is -2.05. The number of aromatic nitrogens is 3. The van der Waals surface area contributed by atoms with Crippen molar-refractivity contribution in [2.24, 2.45) is 0 Å². The van der Waals surface area contributed by atoms with Crippen LogP contribution in [0.1, 0.15) is 11.3 Å². The molecule has 2 aromatic carbocycles. The van der Waals surface area contributed by atoms with Gasteiger partial charge < -0.3 is 9.97 Å². The average molecular weight is 333 g/mol. The second kappa shape index (κ2) is 6.37. The number of nitrogens with zero attached hydrogens (tertiary/aromatic N) is 1. The van der Waals surface area contributed by atoms with Crippen LogP contribution in [0.25, 0.3) is 10.9 Å². The zero-order valence-corrected chi connectivity index (χ0v) is 13.6. The van der Waals surface area contributed by atoms with Gasteiger partial charge in [0.15, 0.2) is 5.16 Å². The van der Waals surface area contributed by atoms with Gasteiger partial charge in [-0.25, -0.2) is 4.98 Å². The Bertz CT molecular complexity index is 1040. The maximum atomic E-state index is 11.9. The van der Waals surface area contributed by atoms with E-state index >= 15 is 0 Å². The third-order valence-corrected chi connectivity index (χ3v) is 4.62. The second-order valence-corrected chi connectivity index (χ2v) is 6.60. The first-order valence-corrected chi connectivity index (χ1v) is 8.47. The van der Waals surface area contributed by atoms with Gasteiger partial charge in [0.05, 0.1) is 5.69 Å². The summed E-state index contributed by atoms with van der Waals surface area (Å²) in [7, 11) is 0. The predicted molar refractivity (Wildman–Crippen MR) is 96.5 cm³/mol. The molecule has 0 radical (unpaired) electrons. The van der Waals surface area contributed by atoms with Gasteiger partial charge >= 0.3 is 0 Å². The molecule has 5 heteroatoms. The summed E-state index contributed by atoms with van der Waals surface area (Å²) in [5.41, 5.74) is 2.88. The predicted octanol–water partition coefficient (Wildman–Crippen LogP) is 3.99. The molecule has 0 saturated carbocycles. The van der Waals surface area contributed by atoms with Crippen LogP contribution in [0.4, 0.5) is 0 Å². The van der Waals surface area contributed by atoms with Crippen molar-refractivity contribution in [1.29, 1.82) is 0 Å². The van der Waals surface area contributed by atoms with E-state index in [9.17, 15) is 4.79 Å². The summed E-state index contributed by atoms with van der Waals surface area (Å²) in [4.78, 5) is 23.6. The van der Waals surface area contributed by atoms with E-state index in [2.05, 4.69) is 21.0 Å². The Morgan fingerprint density at radius 2 is 1.88 bits per heavy atom. The summed E-state index contributed by atoms with van der Waals surface area (Å²) in [6.07, 6.45) is 2.56. The van der Waals surface area contributed by atoms with E-state index in [-0.39, 0.29) is 5.56 Å². The van der Waals surface area contributed by atoms with Gasteiger partial charge in [-0.3, -0.25) is 4.79 Å². The third kappa shape index (κ3) is 3.26. The molecule has 2 aromatic heterocycles. The van der Waals surface area contributed by atoms with Gasteiger partial charge in [0.1, 0.15) is 0 Å². The van der Waals surface area contributed by atoms with Crippen molar-refractivity contribution in [1.82, 2.24) is 15.0 Å². The van der Waals surface area contributed by atoms with Crippen LogP contribution in [0.15, 0.2) is 81.7 Å². The Morgan fingerprint density at radius 1 is 1.00 bits per heavy atom. The minimum Gasteiger partial charge on any atom is -0.361 e. The van der Waals surface area contributed by atoms with E-state index in [1.54, 1.807) is 6.07 Å². The summed E-state index contributed by atoms with van der Waals surface area (Å²) >= 11 is 1.46. The first kappa shape index (κ1) is 14.8. The molecule has 0 aliphatic carbocycles. The Kier molecular flexibility index (Phi) is 3.92. The molecule has 0 fully saturated rings. The maximum Gasteiger partial charge on any atom is 0.251 e. The third-order valence-electron chi connectivity index (χ3n) is 3.74. The van der Waals surface area contributed by atoms with Gasteiger partial charge in [0.2, 0.25) is 0 Å². The molecule has 4 rings (SSSR count). The van der Waals surface area contributed by atoms with E-state index < -0.39 is 0 Å². The number of rotatable bonds is 4. The Morgan fingerprint density at radius 3 is 2.75 bits per heavy atom. The van der Waals surface area contributed by atoms with Crippen molar-refractivity contribution >= 4 is 22.7 Å². The fourth-order valence-corrected chi connectivity index (χ4v) is 3.49. The first-order valence-electron chi connectivity index (χ1n) is 7.65. The van der Waals surface area contributed by atoms with Crippen LogP contribution in [-0.4, -0.2) is 15.0 Å². The van der Waals surface area contributed by atoms with Crippen LogP contribution in [0.5, 0.6) is 0 Å². The highest BCUT2D eigenvalue weighted by Crippen LogP contribution is 2.27. The molecule has 4 nitrogen and oxygen atoms in total. The van der Waals surface area contributed by atoms with Crippen LogP contribution in [0.3, 0.4) is 0 Å². The van der Waals surface area contributed by atoms with E-state index in [1.807, 2.05) is 54.7 Å². The lowest BCUT2D eigenvalue weighted by molar-refractivity contribution is 0.880. The molecule has 2 N–H and O–H groups in total. The van der Waals surface area contributed by atoms with Gasteiger partial charge in [-0.05, 0) is 29.8 Å². The average Bonchev–Trinajstić information content (AvgIpc) is 3.03. The number of hydrogen-bond donors (Lipinski definition) is 2. The molecule has 0 bridgehead atoms. The molecule has 0 saturated heterocycles. The van der Waals surface area contributed by atoms with Crippen LogP contribution < -0.4 is 5.56 Å². The van der Waals surface area contributed by atoms with Gasteiger partial charge in [0.25, 0.3) is 5.56 Å². The van der Waals surface area contributed by atoms with Crippen LogP contribution in [0.2, 0.25) is 0 Å². The van der Waals surface area contributed by atoms with Crippen molar-refractivity contribution in [3.63, 3.8) is 0 Å². The molecular formula is C19H15N3OS. The Hall–Kier alpha value is -2.79. The van der Waals surface area contributed by atoms with Crippen molar-refractivity contribution in [2.75, 3.05) is 0 Å². The zero-order chi connectivity index (χ0) is 16.4. The normalized spacial score (nSPS) is 11.0. The topological polar surface area (TPSA) is 61.5 Å². The minimum atomic E-state index is -0.124. The molecule has 2 heterocycles. The fraction of sp³-hybridized carbons (Fsp3) is 0.0526. The summed E-state index contributed by atoms with van der Waals surface area (Å²) in [5.74, 6) is 0. The van der Waals surface area contributed by atoms with E-state index in [0.717, 1.165) is 27.1 Å². The van der Waals surface area contributed by atoms with Gasteiger partial charge in [-0.1, -0.05) is 42.1 Å². The number of aromatic amines is 2. The second-order valence-electron chi connectivity index (χ2n) is 5.53. The molecule has 0 aliphatic rings. The highest BCUT2D eigenvalue weighted by Gasteiger charge is 2.06. The molecule has 24 heavy (non-hydrogen) atoms. The largest absolute Gasteiger partial charge is 0.361 e. The van der Waals surface area contributed by atoms with Crippen LogP contribution in [-0.2, 0) is 6.42 Å². The highest BCUT2D eigenvalue weighted by molar-refractivity contribution is 7.99. The number of hydrogen-bond acceptors (Lipinski definition) is 3. The molecule has 4 aromatic rings. The number of benzene rings is 2. The van der Waals surface area contributed by atoms with E-state index in [4.69, 9.17) is 0 Å². The molecular weight excluding hydrogens is 318 g/mol. The molecule has 118 valence electrons. The molecule has 0 spiro atoms. The quantitative estimate of drug-likeness (QED) is 0.555. The monoisotopic (exact) mass is 333 g/mol. The molecule has 0 unspecified atom stereocenters. The van der Waals surface area contributed by atoms with Gasteiger partial charge in [-0.2, -0.15) is 0 Å². The number of fused-ring (bicyclic) bond motifs is 1. The van der Waals surface area contributed by atoms with Crippen LogP contribution in [0, 0.1) is 0 Å². The van der Waals surface area contributed by atoms with Crippen LogP contribution >= 0.6 is 11.8 Å². The standard InChI is InChI=1S/C19H15N3OS/c23-18-12-15(10-13-4-2-1-3-5-13)21-19(22-18)24-16-6-7-17-14(11-16)8-9-20-17/h1-9,11-12,20H,10H2,(H,21,22,23). The fourth-order valence-electron chi connectivity index (χ4n) is 2.63. The lowest BCUT2D eigenvalue weighted by atomic mass is 10.1. The summed E-state index contributed by atoms with van der Waals surface area (Å²) < 4.78 is 0. The van der Waals surface area contributed by atoms with Crippen molar-refractivity contribution in [2.45, 2.75) is 16.5 Å². The summed E-state index contributed by atoms with van der Waals surface area (Å²) in [6.45, 7) is 0. The first-order chi connectivity index (χ1) is 11.8. The smallest absolute Gasteiger partial charge is 0.251 e. The number of H-pyrrole nitrogens is 2. The molecule has 0 atom stereocenters. The summed E-state index contributed by atoms with van der Waals surface area (Å²) in [6, 6.07) is 19.8. The Balaban J connectivity index is 1.61. The van der Waals surface area contributed by atoms with Crippen molar-refractivity contribution in [3.8, 4) is 0 Å². The zero-order valence-electron chi connectivity index (χ0n) is 12.8. The van der Waals surface area contributed by atoms with Gasteiger partial charge in [-0.15, -0.1) is 0 Å². The Labute approximate surface area is 143 Å². The summed E-state index contributed by atoms with van der Waals surface area (Å²) in [5, 5.41) is 1.76. The number of nitrogens with one attached hydrogen (secondary N) is 2. The minimum absolute atomic E-state index is 0.124. The highest BCUT2D eigenvalue weighted by atomic mass is 32.2. The van der Waals surface area contributed by atoms with E-state index in [1.165, 1.54) is 11.8 Å². The van der Waals surface area contributed by atoms with Crippen molar-refractivity contribution < 1.29 is 0 Å². The van der Waals surface area contributed by atoms with Crippen molar-refractivity contribution in [3.05, 3.63) is 88.5 Å². The van der Waals surface area contributed by atoms with Gasteiger partial charge in [0, 0.05) is 34.5 Å². The maximum absolute atomic E-state index is 11.9. The molecule has 0 aliphatic heterocycles. The van der Waals surface area contributed by atoms with E-state index in [0.29, 0.717) is 11.6 Å². The SMILES string of the molecule is O=c1cc(Cc2ccccc2)nc(Sc2ccc3[nH]ccc3c2)[nH]1. The lowest BCUT2D eigenvalue weighted by Crippen LogP contribution is -2.10. The molecule has 0 amide bonds.